The minimum absolute atomic E-state index is 0.397. The van der Waals surface area contributed by atoms with E-state index in [1.165, 1.54) is 37.9 Å². The molecule has 10 aromatic rings. The lowest BCUT2D eigenvalue weighted by atomic mass is 9.79. The van der Waals surface area contributed by atoms with Crippen LogP contribution in [0.4, 0.5) is 0 Å². The SMILES string of the molecule is Brc1cccc2cccc(Br)c12.OB(O)c1cccc2c1oc1ccccc12.c1ccc2c(-c3cccc4c3oc3ccccc34)cccc2c1. The average Bonchev–Trinajstić information content (AvgIpc) is 3.74. The van der Waals surface area contributed by atoms with E-state index in [1.54, 1.807) is 12.1 Å². The predicted octanol–water partition coefficient (Wildman–Crippen LogP) is 12.0. The third-order valence-electron chi connectivity index (χ3n) is 9.00. The molecule has 0 amide bonds. The van der Waals surface area contributed by atoms with Crippen molar-refractivity contribution in [2.45, 2.75) is 0 Å². The third kappa shape index (κ3) is 6.35. The molecule has 0 atom stereocenters. The van der Waals surface area contributed by atoms with Gasteiger partial charge in [0.2, 0.25) is 0 Å². The number of halogens is 2. The van der Waals surface area contributed by atoms with E-state index in [-0.39, 0.29) is 0 Å². The Morgan fingerprint density at radius 2 is 0.843 bits per heavy atom. The van der Waals surface area contributed by atoms with Gasteiger partial charge >= 0.3 is 7.12 Å². The molecule has 2 aromatic heterocycles. The predicted molar refractivity (Wildman–Crippen MR) is 220 cm³/mol. The summed E-state index contributed by atoms with van der Waals surface area (Å²) in [6, 6.07) is 54.9. The molecular weight excluding hydrogens is 763 g/mol. The summed E-state index contributed by atoms with van der Waals surface area (Å²) in [4.78, 5) is 0. The van der Waals surface area contributed by atoms with Crippen molar-refractivity contribution in [2.75, 3.05) is 0 Å². The Bertz CT molecular complexity index is 2800. The van der Waals surface area contributed by atoms with Crippen LogP contribution in [0.1, 0.15) is 0 Å². The van der Waals surface area contributed by atoms with Gasteiger partial charge in [-0.1, -0.05) is 171 Å². The first-order valence-corrected chi connectivity index (χ1v) is 18.0. The van der Waals surface area contributed by atoms with Crippen LogP contribution in [0.15, 0.2) is 182 Å². The molecule has 0 saturated heterocycles. The first kappa shape index (κ1) is 33.0. The zero-order chi connectivity index (χ0) is 34.9. The fraction of sp³-hybridized carbons (Fsp3) is 0. The number of rotatable bonds is 2. The van der Waals surface area contributed by atoms with Gasteiger partial charge in [-0.3, -0.25) is 0 Å². The Balaban J connectivity index is 0.000000117. The Hall–Kier alpha value is -5.18. The Kier molecular flexibility index (Phi) is 9.20. The lowest BCUT2D eigenvalue weighted by molar-refractivity contribution is 0.425. The zero-order valence-corrected chi connectivity index (χ0v) is 30.3. The topological polar surface area (TPSA) is 66.7 Å². The highest BCUT2D eigenvalue weighted by Crippen LogP contribution is 2.38. The molecule has 0 radical (unpaired) electrons. The number of hydrogen-bond acceptors (Lipinski definition) is 4. The fourth-order valence-corrected chi connectivity index (χ4v) is 8.10. The van der Waals surface area contributed by atoms with Crippen LogP contribution in [0, 0.1) is 0 Å². The second-order valence-corrected chi connectivity index (χ2v) is 13.8. The average molecular weight is 792 g/mol. The van der Waals surface area contributed by atoms with Crippen LogP contribution >= 0.6 is 31.9 Å². The van der Waals surface area contributed by atoms with Gasteiger partial charge in [0.15, 0.2) is 0 Å². The van der Waals surface area contributed by atoms with Crippen molar-refractivity contribution in [3.63, 3.8) is 0 Å². The summed E-state index contributed by atoms with van der Waals surface area (Å²) in [6.07, 6.45) is 0. The lowest BCUT2D eigenvalue weighted by Gasteiger charge is -2.07. The minimum Gasteiger partial charge on any atom is -0.456 e. The summed E-state index contributed by atoms with van der Waals surface area (Å²) in [5.41, 5.74) is 5.96. The van der Waals surface area contributed by atoms with E-state index in [0.717, 1.165) is 42.0 Å². The zero-order valence-electron chi connectivity index (χ0n) is 27.1. The second-order valence-electron chi connectivity index (χ2n) is 12.1. The normalized spacial score (nSPS) is 11.1. The molecule has 4 nitrogen and oxygen atoms in total. The first-order valence-electron chi connectivity index (χ1n) is 16.5. The van der Waals surface area contributed by atoms with E-state index in [0.29, 0.717) is 11.0 Å². The van der Waals surface area contributed by atoms with Crippen LogP contribution in [0.3, 0.4) is 0 Å². The van der Waals surface area contributed by atoms with Crippen molar-refractivity contribution in [1.82, 2.24) is 0 Å². The van der Waals surface area contributed by atoms with Crippen molar-refractivity contribution in [3.05, 3.63) is 173 Å². The van der Waals surface area contributed by atoms with Crippen molar-refractivity contribution in [2.24, 2.45) is 0 Å². The van der Waals surface area contributed by atoms with Crippen molar-refractivity contribution >= 4 is 110 Å². The van der Waals surface area contributed by atoms with Crippen LogP contribution in [-0.4, -0.2) is 17.2 Å². The molecule has 2 heterocycles. The maximum absolute atomic E-state index is 9.24. The summed E-state index contributed by atoms with van der Waals surface area (Å²) in [7, 11) is -1.51. The standard InChI is InChI=1S/C22H14O.C12H9BO3.C10H6Br2/c1-2-9-16-15(7-1)8-5-11-17(16)19-12-6-13-20-18-10-3-4-14-21(18)23-22(19)20;14-13(15)10-6-3-5-9-8-4-1-2-7-11(8)16-12(9)10;11-8-5-1-3-7-4-2-6-9(12)10(7)8/h1-14H;1-7,14-15H;1-6H. The van der Waals surface area contributed by atoms with Crippen LogP contribution in [0.2, 0.25) is 0 Å². The van der Waals surface area contributed by atoms with Crippen LogP contribution in [0.25, 0.3) is 76.5 Å². The molecule has 0 unspecified atom stereocenters. The summed E-state index contributed by atoms with van der Waals surface area (Å²) in [5, 5.41) is 27.7. The maximum Gasteiger partial charge on any atom is 0.492 e. The van der Waals surface area contributed by atoms with Crippen LogP contribution in [0.5, 0.6) is 0 Å². The lowest BCUT2D eigenvalue weighted by Crippen LogP contribution is -2.29. The molecule has 2 N–H and O–H groups in total. The molecule has 0 saturated carbocycles. The van der Waals surface area contributed by atoms with Crippen LogP contribution in [-0.2, 0) is 0 Å². The molecular formula is C44H29BBr2O4. The molecule has 7 heteroatoms. The summed E-state index contributed by atoms with van der Waals surface area (Å²) in [6.45, 7) is 0. The van der Waals surface area contributed by atoms with E-state index in [2.05, 4.69) is 117 Å². The smallest absolute Gasteiger partial charge is 0.456 e. The highest BCUT2D eigenvalue weighted by molar-refractivity contribution is 9.11. The minimum atomic E-state index is -1.51. The summed E-state index contributed by atoms with van der Waals surface area (Å²) < 4.78 is 14.1. The van der Waals surface area contributed by atoms with Crippen LogP contribution < -0.4 is 5.46 Å². The number of benzene rings is 8. The fourth-order valence-electron chi connectivity index (χ4n) is 6.64. The number of furan rings is 2. The van der Waals surface area contributed by atoms with Gasteiger partial charge in [0.05, 0.1) is 0 Å². The Morgan fingerprint density at radius 1 is 0.392 bits per heavy atom. The number of fused-ring (bicyclic) bond motifs is 8. The van der Waals surface area contributed by atoms with Gasteiger partial charge in [0, 0.05) is 46.9 Å². The largest absolute Gasteiger partial charge is 0.492 e. The molecule has 0 aliphatic carbocycles. The van der Waals surface area contributed by atoms with Gasteiger partial charge in [0.1, 0.15) is 22.3 Å². The summed E-state index contributed by atoms with van der Waals surface area (Å²) in [5.74, 6) is 0. The molecule has 51 heavy (non-hydrogen) atoms. The second kappa shape index (κ2) is 14.2. The molecule has 246 valence electrons. The maximum atomic E-state index is 9.24. The van der Waals surface area contributed by atoms with E-state index < -0.39 is 7.12 Å². The summed E-state index contributed by atoms with van der Waals surface area (Å²) >= 11 is 7.04. The quantitative estimate of drug-likeness (QED) is 0.171. The highest BCUT2D eigenvalue weighted by atomic mass is 79.9. The molecule has 0 aliphatic heterocycles. The van der Waals surface area contributed by atoms with Gasteiger partial charge in [-0.2, -0.15) is 0 Å². The molecule has 0 bridgehead atoms. The molecule has 8 aromatic carbocycles. The van der Waals surface area contributed by atoms with E-state index in [9.17, 15) is 10.0 Å². The molecule has 10 rings (SSSR count). The van der Waals surface area contributed by atoms with Crippen molar-refractivity contribution in [3.8, 4) is 11.1 Å². The molecule has 0 fully saturated rings. The van der Waals surface area contributed by atoms with Gasteiger partial charge in [-0.25, -0.2) is 0 Å². The molecule has 0 aliphatic rings. The Labute approximate surface area is 311 Å². The Morgan fingerprint density at radius 3 is 1.49 bits per heavy atom. The monoisotopic (exact) mass is 790 g/mol. The van der Waals surface area contributed by atoms with E-state index in [1.807, 2.05) is 66.7 Å². The number of para-hydroxylation sites is 4. The highest BCUT2D eigenvalue weighted by Gasteiger charge is 2.18. The first-order chi connectivity index (χ1) is 25.0. The third-order valence-corrected chi connectivity index (χ3v) is 10.3. The van der Waals surface area contributed by atoms with Gasteiger partial charge in [-0.15, -0.1) is 0 Å². The number of hydrogen-bond donors (Lipinski definition) is 2. The molecule has 0 spiro atoms. The van der Waals surface area contributed by atoms with Gasteiger partial charge < -0.3 is 18.9 Å². The van der Waals surface area contributed by atoms with E-state index >= 15 is 0 Å². The van der Waals surface area contributed by atoms with Crippen molar-refractivity contribution in [1.29, 1.82) is 0 Å². The van der Waals surface area contributed by atoms with E-state index in [4.69, 9.17) is 8.83 Å². The van der Waals surface area contributed by atoms with Crippen molar-refractivity contribution < 1.29 is 18.9 Å². The van der Waals surface area contributed by atoms with Gasteiger partial charge in [0.25, 0.3) is 0 Å². The van der Waals surface area contributed by atoms with Gasteiger partial charge in [-0.05, 0) is 46.0 Å².